The Bertz CT molecular complexity index is 459. The molecule has 0 saturated carbocycles. The summed E-state index contributed by atoms with van der Waals surface area (Å²) in [6.07, 6.45) is 0.902. The number of halogens is 1. The molecule has 2 rings (SSSR count). The standard InChI is InChI=1S/C12H14ClNO3/c1-7-4-8(5-14-11(7)13)10(15)9-6-16-12(2,3)17-9/h4-5,9H,6H2,1-3H3. The Balaban J connectivity index is 2.18. The summed E-state index contributed by atoms with van der Waals surface area (Å²) in [6.45, 7) is 5.65. The molecule has 4 nitrogen and oxygen atoms in total. The van der Waals surface area contributed by atoms with E-state index in [1.807, 2.05) is 6.92 Å². The Labute approximate surface area is 105 Å². The van der Waals surface area contributed by atoms with E-state index in [-0.39, 0.29) is 12.4 Å². The molecule has 1 aliphatic rings. The molecule has 0 bridgehead atoms. The Morgan fingerprint density at radius 1 is 1.59 bits per heavy atom. The van der Waals surface area contributed by atoms with Gasteiger partial charge in [0.1, 0.15) is 11.3 Å². The first-order valence-electron chi connectivity index (χ1n) is 5.37. The van der Waals surface area contributed by atoms with Gasteiger partial charge in [-0.3, -0.25) is 4.79 Å². The Kier molecular flexibility index (Phi) is 3.21. The fraction of sp³-hybridized carbons (Fsp3) is 0.500. The van der Waals surface area contributed by atoms with Gasteiger partial charge in [0.05, 0.1) is 6.61 Å². The van der Waals surface area contributed by atoms with Crippen molar-refractivity contribution < 1.29 is 14.3 Å². The van der Waals surface area contributed by atoms with Gasteiger partial charge in [0.15, 0.2) is 11.6 Å². The van der Waals surface area contributed by atoms with Crippen LogP contribution in [0.4, 0.5) is 0 Å². The van der Waals surface area contributed by atoms with Gasteiger partial charge in [0, 0.05) is 11.8 Å². The third-order valence-corrected chi connectivity index (χ3v) is 3.00. The van der Waals surface area contributed by atoms with Gasteiger partial charge >= 0.3 is 0 Å². The molecule has 0 N–H and O–H groups in total. The quantitative estimate of drug-likeness (QED) is 0.601. The smallest absolute Gasteiger partial charge is 0.195 e. The number of ether oxygens (including phenoxy) is 2. The number of rotatable bonds is 2. The van der Waals surface area contributed by atoms with Crippen molar-refractivity contribution in [3.8, 4) is 0 Å². The highest BCUT2D eigenvalue weighted by Gasteiger charge is 2.37. The van der Waals surface area contributed by atoms with Crippen LogP contribution in [0, 0.1) is 6.92 Å². The zero-order chi connectivity index (χ0) is 12.6. The number of nitrogens with zero attached hydrogens (tertiary/aromatic N) is 1. The fourth-order valence-electron chi connectivity index (χ4n) is 1.69. The lowest BCUT2D eigenvalue weighted by atomic mass is 10.1. The summed E-state index contributed by atoms with van der Waals surface area (Å²) in [6, 6.07) is 1.71. The summed E-state index contributed by atoms with van der Waals surface area (Å²) in [7, 11) is 0. The van der Waals surface area contributed by atoms with Gasteiger partial charge in [-0.1, -0.05) is 11.6 Å². The van der Waals surface area contributed by atoms with E-state index in [1.54, 1.807) is 19.9 Å². The number of Topliss-reactive ketones (excluding diaryl/α,β-unsaturated/α-hetero) is 1. The molecule has 0 radical (unpaired) electrons. The van der Waals surface area contributed by atoms with E-state index in [4.69, 9.17) is 21.1 Å². The summed E-state index contributed by atoms with van der Waals surface area (Å²) in [5, 5.41) is 0.408. The van der Waals surface area contributed by atoms with Gasteiger partial charge in [-0.2, -0.15) is 0 Å². The highest BCUT2D eigenvalue weighted by atomic mass is 35.5. The largest absolute Gasteiger partial charge is 0.347 e. The molecule has 0 aromatic carbocycles. The topological polar surface area (TPSA) is 48.4 Å². The highest BCUT2D eigenvalue weighted by Crippen LogP contribution is 2.25. The van der Waals surface area contributed by atoms with Gasteiger partial charge in [0.2, 0.25) is 0 Å². The third-order valence-electron chi connectivity index (χ3n) is 2.60. The van der Waals surface area contributed by atoms with Crippen LogP contribution >= 0.6 is 11.6 Å². The minimum absolute atomic E-state index is 0.122. The maximum Gasteiger partial charge on any atom is 0.195 e. The van der Waals surface area contributed by atoms with Crippen LogP contribution in [-0.2, 0) is 9.47 Å². The van der Waals surface area contributed by atoms with Gasteiger partial charge < -0.3 is 9.47 Å². The van der Waals surface area contributed by atoms with Crippen molar-refractivity contribution in [2.75, 3.05) is 6.61 Å². The molecule has 0 aliphatic carbocycles. The number of aromatic nitrogens is 1. The van der Waals surface area contributed by atoms with E-state index in [0.717, 1.165) is 5.56 Å². The number of aryl methyl sites for hydroxylation is 1. The van der Waals surface area contributed by atoms with Crippen LogP contribution in [0.25, 0.3) is 0 Å². The maximum atomic E-state index is 12.1. The number of ketones is 1. The summed E-state index contributed by atoms with van der Waals surface area (Å²) in [4.78, 5) is 16.1. The van der Waals surface area contributed by atoms with Crippen molar-refractivity contribution in [2.24, 2.45) is 0 Å². The van der Waals surface area contributed by atoms with Crippen molar-refractivity contribution in [3.63, 3.8) is 0 Å². The molecule has 0 spiro atoms. The average molecular weight is 256 g/mol. The molecule has 1 aromatic rings. The van der Waals surface area contributed by atoms with E-state index in [1.165, 1.54) is 6.20 Å². The van der Waals surface area contributed by atoms with Crippen LogP contribution in [0.5, 0.6) is 0 Å². The number of carbonyl (C=O) groups is 1. The lowest BCUT2D eigenvalue weighted by Gasteiger charge is -2.16. The monoisotopic (exact) mass is 255 g/mol. The predicted molar refractivity (Wildman–Crippen MR) is 63.2 cm³/mol. The molecule has 1 aromatic heterocycles. The zero-order valence-corrected chi connectivity index (χ0v) is 10.7. The predicted octanol–water partition coefficient (Wildman–Crippen LogP) is 2.38. The van der Waals surface area contributed by atoms with Crippen LogP contribution in [0.2, 0.25) is 5.15 Å². The molecule has 1 saturated heterocycles. The normalized spacial score (nSPS) is 22.7. The second-order valence-electron chi connectivity index (χ2n) is 4.51. The maximum absolute atomic E-state index is 12.1. The van der Waals surface area contributed by atoms with Gasteiger partial charge in [-0.15, -0.1) is 0 Å². The number of hydrogen-bond acceptors (Lipinski definition) is 4. The molecular formula is C12H14ClNO3. The number of carbonyl (C=O) groups excluding carboxylic acids is 1. The lowest BCUT2D eigenvalue weighted by Crippen LogP contribution is -2.27. The fourth-order valence-corrected chi connectivity index (χ4v) is 1.80. The first-order chi connectivity index (χ1) is 7.89. The van der Waals surface area contributed by atoms with Crippen molar-refractivity contribution >= 4 is 17.4 Å². The van der Waals surface area contributed by atoms with E-state index in [9.17, 15) is 4.79 Å². The molecule has 2 heterocycles. The third kappa shape index (κ3) is 2.65. The minimum atomic E-state index is -0.699. The summed E-state index contributed by atoms with van der Waals surface area (Å²) in [5.41, 5.74) is 1.27. The van der Waals surface area contributed by atoms with E-state index in [2.05, 4.69) is 4.98 Å². The van der Waals surface area contributed by atoms with Crippen molar-refractivity contribution in [1.29, 1.82) is 0 Å². The van der Waals surface area contributed by atoms with E-state index < -0.39 is 11.9 Å². The Morgan fingerprint density at radius 2 is 2.29 bits per heavy atom. The second kappa shape index (κ2) is 4.37. The van der Waals surface area contributed by atoms with Crippen LogP contribution in [0.15, 0.2) is 12.3 Å². The molecule has 1 unspecified atom stereocenters. The number of hydrogen-bond donors (Lipinski definition) is 0. The zero-order valence-electron chi connectivity index (χ0n) is 9.99. The molecule has 1 aliphatic heterocycles. The van der Waals surface area contributed by atoms with Crippen molar-refractivity contribution in [3.05, 3.63) is 28.5 Å². The van der Waals surface area contributed by atoms with E-state index >= 15 is 0 Å². The molecule has 1 fully saturated rings. The summed E-state index contributed by atoms with van der Waals surface area (Å²) >= 11 is 5.81. The van der Waals surface area contributed by atoms with Crippen LogP contribution < -0.4 is 0 Å². The first-order valence-corrected chi connectivity index (χ1v) is 5.75. The van der Waals surface area contributed by atoms with Gasteiger partial charge in [-0.05, 0) is 32.4 Å². The molecular weight excluding hydrogens is 242 g/mol. The summed E-state index contributed by atoms with van der Waals surface area (Å²) < 4.78 is 10.9. The van der Waals surface area contributed by atoms with Crippen LogP contribution in [0.3, 0.4) is 0 Å². The molecule has 17 heavy (non-hydrogen) atoms. The Hall–Kier alpha value is -0.970. The van der Waals surface area contributed by atoms with Gasteiger partial charge in [-0.25, -0.2) is 4.98 Å². The Morgan fingerprint density at radius 3 is 2.82 bits per heavy atom. The lowest BCUT2D eigenvalue weighted by molar-refractivity contribution is -0.133. The van der Waals surface area contributed by atoms with E-state index in [0.29, 0.717) is 10.7 Å². The van der Waals surface area contributed by atoms with Crippen LogP contribution in [-0.4, -0.2) is 29.3 Å². The summed E-state index contributed by atoms with van der Waals surface area (Å²) in [5.74, 6) is -0.822. The van der Waals surface area contributed by atoms with Crippen LogP contribution in [0.1, 0.15) is 29.8 Å². The minimum Gasteiger partial charge on any atom is -0.347 e. The molecule has 5 heteroatoms. The van der Waals surface area contributed by atoms with Gasteiger partial charge in [0.25, 0.3) is 0 Å². The second-order valence-corrected chi connectivity index (χ2v) is 4.87. The van der Waals surface area contributed by atoms with Crippen molar-refractivity contribution in [1.82, 2.24) is 4.98 Å². The molecule has 1 atom stereocenters. The average Bonchev–Trinajstić information content (AvgIpc) is 2.62. The first kappa shape index (κ1) is 12.5. The number of pyridine rings is 1. The molecule has 92 valence electrons. The molecule has 0 amide bonds. The van der Waals surface area contributed by atoms with Crippen molar-refractivity contribution in [2.45, 2.75) is 32.7 Å². The highest BCUT2D eigenvalue weighted by molar-refractivity contribution is 6.30. The SMILES string of the molecule is Cc1cc(C(=O)C2COC(C)(C)O2)cnc1Cl.